The fourth-order valence-corrected chi connectivity index (χ4v) is 4.04. The van der Waals surface area contributed by atoms with Crippen molar-refractivity contribution in [2.45, 2.75) is 0 Å². The molecule has 0 atom stereocenters. The predicted molar refractivity (Wildman–Crippen MR) is 124 cm³/mol. The average molecular weight is 490 g/mol. The van der Waals surface area contributed by atoms with Crippen molar-refractivity contribution < 1.29 is 9.59 Å². The Morgan fingerprint density at radius 2 is 1.38 bits per heavy atom. The molecule has 0 spiro atoms. The molecule has 4 nitrogen and oxygen atoms in total. The topological polar surface area (TPSA) is 49.4 Å². The van der Waals surface area contributed by atoms with Crippen LogP contribution in [0.25, 0.3) is 27.6 Å². The van der Waals surface area contributed by atoms with Gasteiger partial charge in [-0.05, 0) is 86.1 Å². The average Bonchev–Trinajstić information content (AvgIpc) is 3.02. The van der Waals surface area contributed by atoms with Crippen LogP contribution in [0, 0.1) is 3.57 Å². The van der Waals surface area contributed by atoms with Gasteiger partial charge in [-0.3, -0.25) is 15.0 Å². The van der Waals surface area contributed by atoms with Crippen LogP contribution in [0.2, 0.25) is 0 Å². The molecule has 0 unspecified atom stereocenters. The highest BCUT2D eigenvalue weighted by Crippen LogP contribution is 2.31. The van der Waals surface area contributed by atoms with E-state index in [1.807, 2.05) is 72.8 Å². The summed E-state index contributed by atoms with van der Waals surface area (Å²) in [6.45, 7) is 0. The molecule has 0 bridgehead atoms. The number of hydrazine groups is 1. The quantitative estimate of drug-likeness (QED) is 0.185. The molecular formula is C24H15IN2O2. The van der Waals surface area contributed by atoms with Crippen LogP contribution in [0.1, 0.15) is 5.56 Å². The maximum atomic E-state index is 13.1. The summed E-state index contributed by atoms with van der Waals surface area (Å²) in [6.07, 6.45) is 1.72. The SMILES string of the molecule is O=C1NN(c2ccc(I)cc2)C(=O)/C1=C\c1c2ccccc2cc2ccccc12. The normalized spacial score (nSPS) is 15.5. The zero-order valence-corrected chi connectivity index (χ0v) is 17.4. The number of halogens is 1. The summed E-state index contributed by atoms with van der Waals surface area (Å²) in [6, 6.07) is 25.6. The number of carbonyl (C=O) groups excluding carboxylic acids is 2. The van der Waals surface area contributed by atoms with Gasteiger partial charge in [-0.15, -0.1) is 0 Å². The minimum atomic E-state index is -0.398. The predicted octanol–water partition coefficient (Wildman–Crippen LogP) is 5.06. The Hall–Kier alpha value is -3.19. The number of carbonyl (C=O) groups is 2. The van der Waals surface area contributed by atoms with Crippen LogP contribution in [0.5, 0.6) is 0 Å². The van der Waals surface area contributed by atoms with Gasteiger partial charge < -0.3 is 0 Å². The van der Waals surface area contributed by atoms with Gasteiger partial charge in [-0.25, -0.2) is 5.01 Å². The molecule has 5 rings (SSSR count). The molecule has 5 heteroatoms. The van der Waals surface area contributed by atoms with E-state index >= 15 is 0 Å². The maximum Gasteiger partial charge on any atom is 0.282 e. The zero-order chi connectivity index (χ0) is 20.0. The van der Waals surface area contributed by atoms with E-state index in [0.29, 0.717) is 5.69 Å². The summed E-state index contributed by atoms with van der Waals surface area (Å²) in [4.78, 5) is 25.7. The largest absolute Gasteiger partial charge is 0.282 e. The van der Waals surface area contributed by atoms with Crippen LogP contribution in [0.4, 0.5) is 5.69 Å². The first-order chi connectivity index (χ1) is 14.1. The van der Waals surface area contributed by atoms with E-state index in [-0.39, 0.29) is 11.5 Å². The molecule has 140 valence electrons. The first-order valence-electron chi connectivity index (χ1n) is 9.15. The van der Waals surface area contributed by atoms with Crippen LogP contribution < -0.4 is 10.4 Å². The summed E-state index contributed by atoms with van der Waals surface area (Å²) in [5, 5.41) is 5.45. The molecule has 0 aromatic heterocycles. The summed E-state index contributed by atoms with van der Waals surface area (Å²) in [5.41, 5.74) is 4.32. The lowest BCUT2D eigenvalue weighted by Crippen LogP contribution is -2.35. The standard InChI is InChI=1S/C24H15IN2O2/c25-17-9-11-18(12-10-17)27-24(29)22(23(28)26-27)14-21-19-7-3-1-5-15(19)13-16-6-2-4-8-20(16)21/h1-14H,(H,26,28)/b22-14-. The summed E-state index contributed by atoms with van der Waals surface area (Å²) >= 11 is 2.20. The molecule has 0 saturated carbocycles. The van der Waals surface area contributed by atoms with Crippen molar-refractivity contribution in [3.05, 3.63) is 93.6 Å². The van der Waals surface area contributed by atoms with Crippen molar-refractivity contribution in [1.82, 2.24) is 5.43 Å². The summed E-state index contributed by atoms with van der Waals surface area (Å²) < 4.78 is 1.06. The Morgan fingerprint density at radius 1 is 0.793 bits per heavy atom. The van der Waals surface area contributed by atoms with E-state index in [2.05, 4.69) is 34.1 Å². The lowest BCUT2D eigenvalue weighted by atomic mass is 9.95. The monoisotopic (exact) mass is 490 g/mol. The molecule has 4 aromatic carbocycles. The van der Waals surface area contributed by atoms with Gasteiger partial charge in [0.2, 0.25) is 0 Å². The minimum absolute atomic E-state index is 0.130. The number of benzene rings is 4. The van der Waals surface area contributed by atoms with Gasteiger partial charge in [0.15, 0.2) is 0 Å². The molecule has 0 aliphatic carbocycles. The van der Waals surface area contributed by atoms with E-state index in [1.165, 1.54) is 5.01 Å². The highest BCUT2D eigenvalue weighted by atomic mass is 127. The van der Waals surface area contributed by atoms with Gasteiger partial charge >= 0.3 is 0 Å². The Balaban J connectivity index is 1.68. The molecule has 1 aliphatic rings. The van der Waals surface area contributed by atoms with Crippen molar-refractivity contribution in [3.8, 4) is 0 Å². The van der Waals surface area contributed by atoms with E-state index < -0.39 is 5.91 Å². The van der Waals surface area contributed by atoms with Gasteiger partial charge in [0.25, 0.3) is 11.8 Å². The van der Waals surface area contributed by atoms with Crippen LogP contribution in [0.15, 0.2) is 84.4 Å². The second-order valence-electron chi connectivity index (χ2n) is 6.85. The first-order valence-corrected chi connectivity index (χ1v) is 10.2. The number of amides is 2. The molecule has 1 saturated heterocycles. The third kappa shape index (κ3) is 3.07. The van der Waals surface area contributed by atoms with E-state index in [9.17, 15) is 9.59 Å². The number of hydrogen-bond acceptors (Lipinski definition) is 2. The van der Waals surface area contributed by atoms with E-state index in [0.717, 1.165) is 30.7 Å². The van der Waals surface area contributed by atoms with Gasteiger partial charge in [-0.2, -0.15) is 0 Å². The minimum Gasteiger partial charge on any atom is -0.267 e. The van der Waals surface area contributed by atoms with Crippen molar-refractivity contribution in [3.63, 3.8) is 0 Å². The maximum absolute atomic E-state index is 13.1. The van der Waals surface area contributed by atoms with Crippen molar-refractivity contribution >= 4 is 67.7 Å². The molecule has 1 N–H and O–H groups in total. The Kier molecular flexibility index (Phi) is 4.32. The second kappa shape index (κ2) is 7.00. The number of hydrogen-bond donors (Lipinski definition) is 1. The number of nitrogens with one attached hydrogen (secondary N) is 1. The number of fused-ring (bicyclic) bond motifs is 2. The smallest absolute Gasteiger partial charge is 0.267 e. The van der Waals surface area contributed by atoms with E-state index in [1.54, 1.807) is 6.08 Å². The third-order valence-electron chi connectivity index (χ3n) is 5.08. The number of nitrogens with zero attached hydrogens (tertiary/aromatic N) is 1. The Morgan fingerprint density at radius 3 is 2.00 bits per heavy atom. The summed E-state index contributed by atoms with van der Waals surface area (Å²) in [5.74, 6) is -0.751. The highest BCUT2D eigenvalue weighted by molar-refractivity contribution is 14.1. The van der Waals surface area contributed by atoms with Crippen LogP contribution in [0.3, 0.4) is 0 Å². The number of anilines is 1. The highest BCUT2D eigenvalue weighted by Gasteiger charge is 2.34. The van der Waals surface area contributed by atoms with Gasteiger partial charge in [0.1, 0.15) is 5.57 Å². The Bertz CT molecular complexity index is 1270. The first kappa shape index (κ1) is 17.9. The van der Waals surface area contributed by atoms with Gasteiger partial charge in [-0.1, -0.05) is 48.5 Å². The molecule has 29 heavy (non-hydrogen) atoms. The van der Waals surface area contributed by atoms with Crippen LogP contribution in [-0.2, 0) is 9.59 Å². The van der Waals surface area contributed by atoms with Crippen molar-refractivity contribution in [2.75, 3.05) is 5.01 Å². The fraction of sp³-hybridized carbons (Fsp3) is 0. The lowest BCUT2D eigenvalue weighted by Gasteiger charge is -2.14. The lowest BCUT2D eigenvalue weighted by molar-refractivity contribution is -0.117. The van der Waals surface area contributed by atoms with E-state index in [4.69, 9.17) is 0 Å². The van der Waals surface area contributed by atoms with Crippen molar-refractivity contribution in [2.24, 2.45) is 0 Å². The fourth-order valence-electron chi connectivity index (χ4n) is 3.68. The molecule has 1 aliphatic heterocycles. The molecule has 1 heterocycles. The molecule has 1 fully saturated rings. The zero-order valence-electron chi connectivity index (χ0n) is 15.2. The summed E-state index contributed by atoms with van der Waals surface area (Å²) in [7, 11) is 0. The molecule has 4 aromatic rings. The van der Waals surface area contributed by atoms with Crippen LogP contribution in [-0.4, -0.2) is 11.8 Å². The number of rotatable bonds is 2. The van der Waals surface area contributed by atoms with Gasteiger partial charge in [0.05, 0.1) is 5.69 Å². The Labute approximate surface area is 180 Å². The van der Waals surface area contributed by atoms with Crippen LogP contribution >= 0.6 is 22.6 Å². The molecule has 2 amide bonds. The van der Waals surface area contributed by atoms with Crippen molar-refractivity contribution in [1.29, 1.82) is 0 Å². The molecule has 0 radical (unpaired) electrons. The third-order valence-corrected chi connectivity index (χ3v) is 5.80. The van der Waals surface area contributed by atoms with Gasteiger partial charge in [0, 0.05) is 3.57 Å². The molecular weight excluding hydrogens is 475 g/mol. The second-order valence-corrected chi connectivity index (χ2v) is 8.09.